The van der Waals surface area contributed by atoms with E-state index in [1.54, 1.807) is 0 Å². The molecule has 0 radical (unpaired) electrons. The summed E-state index contributed by atoms with van der Waals surface area (Å²) in [5.41, 5.74) is 1.12. The maximum atomic E-state index is 11.6. The summed E-state index contributed by atoms with van der Waals surface area (Å²) in [5.74, 6) is 1.35. The Morgan fingerprint density at radius 3 is 2.88 bits per heavy atom. The van der Waals surface area contributed by atoms with Crippen LogP contribution >= 0.6 is 15.9 Å². The van der Waals surface area contributed by atoms with Gasteiger partial charge in [0, 0.05) is 18.9 Å². The maximum Gasteiger partial charge on any atom is 0.309 e. The Balaban J connectivity index is 2.30. The van der Waals surface area contributed by atoms with E-state index in [1.165, 1.54) is 7.11 Å². The number of halogens is 1. The number of hydrogen-bond acceptors (Lipinski definition) is 3. The number of ether oxygens (including phenoxy) is 1. The van der Waals surface area contributed by atoms with Gasteiger partial charge >= 0.3 is 5.97 Å². The second kappa shape index (κ2) is 4.80. The summed E-state index contributed by atoms with van der Waals surface area (Å²) in [6.07, 6.45) is 1.55. The summed E-state index contributed by atoms with van der Waals surface area (Å²) < 4.78 is 7.92. The number of nitrogens with zero attached hydrogens (tertiary/aromatic N) is 2. The lowest BCUT2D eigenvalue weighted by Gasteiger charge is -2.24. The first kappa shape index (κ1) is 12.6. The van der Waals surface area contributed by atoms with E-state index in [4.69, 9.17) is 4.74 Å². The lowest BCUT2D eigenvalue weighted by molar-refractivity contribution is -0.146. The predicted molar refractivity (Wildman–Crippen MR) is 67.8 cm³/mol. The molecule has 1 atom stereocenters. The molecule has 5 heteroatoms. The molecule has 0 fully saturated rings. The van der Waals surface area contributed by atoms with Crippen LogP contribution in [-0.4, -0.2) is 22.6 Å². The SMILES string of the molecule is COC(=O)C1CCn2c(C(C)C)nc(Br)c2C1. The zero-order valence-electron chi connectivity index (χ0n) is 10.4. The monoisotopic (exact) mass is 300 g/mol. The molecule has 94 valence electrons. The average Bonchev–Trinajstić information content (AvgIpc) is 2.65. The molecule has 1 unspecified atom stereocenters. The fourth-order valence-electron chi connectivity index (χ4n) is 2.35. The standard InChI is InChI=1S/C12H17BrN2O2/c1-7(2)11-14-10(13)9-6-8(12(16)17-3)4-5-15(9)11/h7-8H,4-6H2,1-3H3. The number of aromatic nitrogens is 2. The van der Waals surface area contributed by atoms with Crippen LogP contribution in [-0.2, 0) is 22.5 Å². The minimum Gasteiger partial charge on any atom is -0.469 e. The number of fused-ring (bicyclic) bond motifs is 1. The van der Waals surface area contributed by atoms with Crippen LogP contribution in [0.2, 0.25) is 0 Å². The number of imidazole rings is 1. The number of esters is 1. The number of rotatable bonds is 2. The van der Waals surface area contributed by atoms with Crippen LogP contribution in [0.1, 0.15) is 37.7 Å². The van der Waals surface area contributed by atoms with Crippen LogP contribution in [0.25, 0.3) is 0 Å². The molecule has 0 spiro atoms. The third kappa shape index (κ3) is 2.25. The molecular weight excluding hydrogens is 284 g/mol. The molecule has 1 aliphatic heterocycles. The summed E-state index contributed by atoms with van der Waals surface area (Å²) in [4.78, 5) is 16.1. The molecule has 0 aliphatic carbocycles. The molecule has 2 rings (SSSR count). The number of hydrogen-bond donors (Lipinski definition) is 0. The largest absolute Gasteiger partial charge is 0.469 e. The molecule has 2 heterocycles. The number of methoxy groups -OCH3 is 1. The Kier molecular flexibility index (Phi) is 3.56. The quantitative estimate of drug-likeness (QED) is 0.788. The molecule has 0 saturated heterocycles. The Hall–Kier alpha value is -0.840. The zero-order chi connectivity index (χ0) is 12.6. The third-order valence-corrected chi connectivity index (χ3v) is 3.88. The molecule has 0 bridgehead atoms. The highest BCUT2D eigenvalue weighted by atomic mass is 79.9. The summed E-state index contributed by atoms with van der Waals surface area (Å²) >= 11 is 3.49. The molecule has 0 amide bonds. The first-order valence-electron chi connectivity index (χ1n) is 5.87. The first-order chi connectivity index (χ1) is 8.04. The summed E-state index contributed by atoms with van der Waals surface area (Å²) in [6, 6.07) is 0. The second-order valence-electron chi connectivity index (χ2n) is 4.73. The van der Waals surface area contributed by atoms with Gasteiger partial charge in [0.15, 0.2) is 0 Å². The van der Waals surface area contributed by atoms with E-state index in [2.05, 4.69) is 39.3 Å². The fraction of sp³-hybridized carbons (Fsp3) is 0.667. The topological polar surface area (TPSA) is 44.1 Å². The summed E-state index contributed by atoms with van der Waals surface area (Å²) in [5, 5.41) is 0. The van der Waals surface area contributed by atoms with Crippen molar-refractivity contribution in [3.63, 3.8) is 0 Å². The van der Waals surface area contributed by atoms with E-state index in [0.29, 0.717) is 12.3 Å². The first-order valence-corrected chi connectivity index (χ1v) is 6.66. The van der Waals surface area contributed by atoms with E-state index >= 15 is 0 Å². The molecule has 1 aromatic heterocycles. The van der Waals surface area contributed by atoms with Crippen molar-refractivity contribution in [3.05, 3.63) is 16.1 Å². The van der Waals surface area contributed by atoms with Crippen molar-refractivity contribution >= 4 is 21.9 Å². The van der Waals surface area contributed by atoms with E-state index in [9.17, 15) is 4.79 Å². The summed E-state index contributed by atoms with van der Waals surface area (Å²) in [6.45, 7) is 5.12. The van der Waals surface area contributed by atoms with Gasteiger partial charge in [-0.05, 0) is 22.4 Å². The van der Waals surface area contributed by atoms with Crippen LogP contribution in [0.5, 0.6) is 0 Å². The highest BCUT2D eigenvalue weighted by Crippen LogP contribution is 2.31. The van der Waals surface area contributed by atoms with Gasteiger partial charge in [0.05, 0.1) is 18.7 Å². The molecule has 0 saturated carbocycles. The highest BCUT2D eigenvalue weighted by Gasteiger charge is 2.29. The lowest BCUT2D eigenvalue weighted by atomic mass is 9.96. The maximum absolute atomic E-state index is 11.6. The summed E-state index contributed by atoms with van der Waals surface area (Å²) in [7, 11) is 1.45. The van der Waals surface area contributed by atoms with Crippen LogP contribution in [0.3, 0.4) is 0 Å². The third-order valence-electron chi connectivity index (χ3n) is 3.25. The lowest BCUT2D eigenvalue weighted by Crippen LogP contribution is -2.27. The van der Waals surface area contributed by atoms with Crippen LogP contribution in [0, 0.1) is 5.92 Å². The Morgan fingerprint density at radius 1 is 1.59 bits per heavy atom. The molecule has 1 aliphatic rings. The van der Waals surface area contributed by atoms with Crippen molar-refractivity contribution in [1.29, 1.82) is 0 Å². The smallest absolute Gasteiger partial charge is 0.309 e. The van der Waals surface area contributed by atoms with Gasteiger partial charge in [-0.15, -0.1) is 0 Å². The molecule has 17 heavy (non-hydrogen) atoms. The zero-order valence-corrected chi connectivity index (χ0v) is 12.0. The van der Waals surface area contributed by atoms with Gasteiger partial charge < -0.3 is 9.30 Å². The Labute approximate surface area is 109 Å². The molecule has 1 aromatic rings. The van der Waals surface area contributed by atoms with E-state index in [1.807, 2.05) is 0 Å². The van der Waals surface area contributed by atoms with Gasteiger partial charge in [-0.3, -0.25) is 4.79 Å². The van der Waals surface area contributed by atoms with E-state index < -0.39 is 0 Å². The van der Waals surface area contributed by atoms with Crippen LogP contribution in [0.4, 0.5) is 0 Å². The molecule has 0 N–H and O–H groups in total. The Morgan fingerprint density at radius 2 is 2.29 bits per heavy atom. The van der Waals surface area contributed by atoms with Gasteiger partial charge in [0.25, 0.3) is 0 Å². The van der Waals surface area contributed by atoms with Gasteiger partial charge in [-0.25, -0.2) is 4.98 Å². The van der Waals surface area contributed by atoms with Crippen molar-refractivity contribution in [3.8, 4) is 0 Å². The highest BCUT2D eigenvalue weighted by molar-refractivity contribution is 9.10. The van der Waals surface area contributed by atoms with Crippen molar-refractivity contribution in [2.45, 2.75) is 39.2 Å². The van der Waals surface area contributed by atoms with Crippen molar-refractivity contribution in [1.82, 2.24) is 9.55 Å². The van der Waals surface area contributed by atoms with Crippen LogP contribution < -0.4 is 0 Å². The fourth-order valence-corrected chi connectivity index (χ4v) is 2.91. The van der Waals surface area contributed by atoms with Gasteiger partial charge in [-0.2, -0.15) is 0 Å². The minimum atomic E-state index is -0.115. The molecule has 4 nitrogen and oxygen atoms in total. The van der Waals surface area contributed by atoms with Gasteiger partial charge in [0.2, 0.25) is 0 Å². The minimum absolute atomic E-state index is 0.0273. The van der Waals surface area contributed by atoms with E-state index in [0.717, 1.165) is 29.1 Å². The number of carbonyl (C=O) groups is 1. The predicted octanol–water partition coefficient (Wildman–Crippen LogP) is 2.50. The van der Waals surface area contributed by atoms with Crippen molar-refractivity contribution in [2.75, 3.05) is 7.11 Å². The van der Waals surface area contributed by atoms with Crippen molar-refractivity contribution < 1.29 is 9.53 Å². The van der Waals surface area contributed by atoms with Gasteiger partial charge in [0.1, 0.15) is 10.4 Å². The average molecular weight is 301 g/mol. The second-order valence-corrected chi connectivity index (χ2v) is 5.48. The molecule has 0 aromatic carbocycles. The van der Waals surface area contributed by atoms with Crippen molar-refractivity contribution in [2.24, 2.45) is 5.92 Å². The normalized spacial score (nSPS) is 19.2. The number of carbonyl (C=O) groups excluding carboxylic acids is 1. The molecular formula is C12H17BrN2O2. The van der Waals surface area contributed by atoms with Gasteiger partial charge in [-0.1, -0.05) is 13.8 Å². The Bertz CT molecular complexity index is 440. The van der Waals surface area contributed by atoms with E-state index in [-0.39, 0.29) is 11.9 Å². The van der Waals surface area contributed by atoms with Crippen LogP contribution in [0.15, 0.2) is 4.60 Å².